The summed E-state index contributed by atoms with van der Waals surface area (Å²) in [5, 5.41) is 3.63. The Labute approximate surface area is 143 Å². The number of carbonyl (C=O) groups is 1. The number of hydrogen-bond donors (Lipinski definition) is 2. The minimum Gasteiger partial charge on any atom is -0.366 e. The number of nitrogens with zero attached hydrogens (tertiary/aromatic N) is 1. The lowest BCUT2D eigenvalue weighted by Gasteiger charge is -2.25. The van der Waals surface area contributed by atoms with Crippen LogP contribution >= 0.6 is 0 Å². The first-order valence-electron chi connectivity index (χ1n) is 8.54. The van der Waals surface area contributed by atoms with Crippen molar-refractivity contribution in [2.45, 2.75) is 32.0 Å². The zero-order chi connectivity index (χ0) is 16.9. The lowest BCUT2D eigenvalue weighted by atomic mass is 10.1. The smallest absolute Gasteiger partial charge is 0.248 e. The number of benzene rings is 2. The topological polar surface area (TPSA) is 58.4 Å². The predicted octanol–water partition coefficient (Wildman–Crippen LogP) is 2.71. The van der Waals surface area contributed by atoms with E-state index in [4.69, 9.17) is 5.73 Å². The van der Waals surface area contributed by atoms with Gasteiger partial charge in [-0.25, -0.2) is 0 Å². The molecule has 3 N–H and O–H groups in total. The van der Waals surface area contributed by atoms with Crippen LogP contribution in [0.4, 0.5) is 0 Å². The van der Waals surface area contributed by atoms with E-state index < -0.39 is 0 Å². The first-order chi connectivity index (χ1) is 11.6. The molecular weight excluding hydrogens is 298 g/mol. The summed E-state index contributed by atoms with van der Waals surface area (Å²) in [6.07, 6.45) is 1.16. The minimum absolute atomic E-state index is 0.379. The van der Waals surface area contributed by atoms with Crippen molar-refractivity contribution >= 4 is 5.91 Å². The molecule has 1 heterocycles. The highest BCUT2D eigenvalue weighted by atomic mass is 16.1. The van der Waals surface area contributed by atoms with Crippen molar-refractivity contribution in [3.8, 4) is 0 Å². The van der Waals surface area contributed by atoms with Crippen LogP contribution < -0.4 is 11.1 Å². The molecule has 0 unspecified atom stereocenters. The largest absolute Gasteiger partial charge is 0.366 e. The van der Waals surface area contributed by atoms with Gasteiger partial charge in [0.15, 0.2) is 0 Å². The highest BCUT2D eigenvalue weighted by Crippen LogP contribution is 2.24. The normalized spacial score (nSPS) is 19.3. The third-order valence-electron chi connectivity index (χ3n) is 4.88. The van der Waals surface area contributed by atoms with Crippen LogP contribution in [0.3, 0.4) is 0 Å². The second-order valence-electron chi connectivity index (χ2n) is 6.51. The lowest BCUT2D eigenvalue weighted by Crippen LogP contribution is -2.33. The number of primary amides is 1. The Balaban J connectivity index is 1.50. The van der Waals surface area contributed by atoms with E-state index in [-0.39, 0.29) is 5.91 Å². The SMILES string of the molecule is C[C@@H](c1ccccc1)N1CC[C@@H](NCc2ccc(C(N)=O)cc2)C1. The molecule has 4 nitrogen and oxygen atoms in total. The summed E-state index contributed by atoms with van der Waals surface area (Å²) in [5.41, 5.74) is 8.38. The van der Waals surface area contributed by atoms with Crippen molar-refractivity contribution < 1.29 is 4.79 Å². The van der Waals surface area contributed by atoms with Crippen LogP contribution in [-0.4, -0.2) is 29.9 Å². The van der Waals surface area contributed by atoms with Crippen molar-refractivity contribution in [2.75, 3.05) is 13.1 Å². The lowest BCUT2D eigenvalue weighted by molar-refractivity contribution is 0.100. The van der Waals surface area contributed by atoms with Crippen LogP contribution in [0.1, 0.15) is 40.9 Å². The Hall–Kier alpha value is -2.17. The zero-order valence-corrected chi connectivity index (χ0v) is 14.1. The van der Waals surface area contributed by atoms with E-state index in [0.717, 1.165) is 26.1 Å². The maximum atomic E-state index is 11.1. The number of amides is 1. The molecule has 4 heteroatoms. The second kappa shape index (κ2) is 7.60. The van der Waals surface area contributed by atoms with E-state index in [1.165, 1.54) is 11.1 Å². The van der Waals surface area contributed by atoms with Crippen molar-refractivity contribution in [2.24, 2.45) is 5.73 Å². The molecule has 0 aromatic heterocycles. The van der Waals surface area contributed by atoms with Crippen molar-refractivity contribution in [1.82, 2.24) is 10.2 Å². The molecule has 0 spiro atoms. The fourth-order valence-corrected chi connectivity index (χ4v) is 3.30. The van der Waals surface area contributed by atoms with E-state index in [2.05, 4.69) is 47.5 Å². The molecule has 2 aromatic rings. The highest BCUT2D eigenvalue weighted by molar-refractivity contribution is 5.92. The Kier molecular flexibility index (Phi) is 5.28. The van der Waals surface area contributed by atoms with E-state index in [1.54, 1.807) is 12.1 Å². The fourth-order valence-electron chi connectivity index (χ4n) is 3.30. The molecule has 1 aliphatic heterocycles. The Morgan fingerprint density at radius 2 is 1.92 bits per heavy atom. The van der Waals surface area contributed by atoms with Gasteiger partial charge in [-0.15, -0.1) is 0 Å². The standard InChI is InChI=1S/C20H25N3O/c1-15(17-5-3-2-4-6-17)23-12-11-19(14-23)22-13-16-7-9-18(10-8-16)20(21)24/h2-10,15,19,22H,11-14H2,1H3,(H2,21,24)/t15-,19+/m0/s1. The predicted molar refractivity (Wildman–Crippen MR) is 96.6 cm³/mol. The van der Waals surface area contributed by atoms with Crippen LogP contribution in [-0.2, 0) is 6.54 Å². The van der Waals surface area contributed by atoms with E-state index in [9.17, 15) is 4.79 Å². The molecule has 3 rings (SSSR count). The third-order valence-corrected chi connectivity index (χ3v) is 4.88. The van der Waals surface area contributed by atoms with E-state index >= 15 is 0 Å². The fraction of sp³-hybridized carbons (Fsp3) is 0.350. The van der Waals surface area contributed by atoms with Gasteiger partial charge in [0.05, 0.1) is 0 Å². The van der Waals surface area contributed by atoms with Gasteiger partial charge in [0.2, 0.25) is 5.91 Å². The van der Waals surface area contributed by atoms with Crippen LogP contribution in [0.25, 0.3) is 0 Å². The van der Waals surface area contributed by atoms with Gasteiger partial charge in [-0.3, -0.25) is 9.69 Å². The first-order valence-corrected chi connectivity index (χ1v) is 8.54. The number of hydrogen-bond acceptors (Lipinski definition) is 3. The Bertz CT molecular complexity index is 669. The summed E-state index contributed by atoms with van der Waals surface area (Å²) in [7, 11) is 0. The summed E-state index contributed by atoms with van der Waals surface area (Å²) >= 11 is 0. The van der Waals surface area contributed by atoms with Crippen molar-refractivity contribution in [3.63, 3.8) is 0 Å². The average Bonchev–Trinajstić information content (AvgIpc) is 3.09. The summed E-state index contributed by atoms with van der Waals surface area (Å²) in [5.74, 6) is -0.379. The number of nitrogens with one attached hydrogen (secondary N) is 1. The van der Waals surface area contributed by atoms with Gasteiger partial charge in [-0.2, -0.15) is 0 Å². The molecule has 0 radical (unpaired) electrons. The molecule has 0 bridgehead atoms. The molecule has 2 atom stereocenters. The molecule has 1 amide bonds. The van der Waals surface area contributed by atoms with Gasteiger partial charge in [0.25, 0.3) is 0 Å². The molecule has 24 heavy (non-hydrogen) atoms. The van der Waals surface area contributed by atoms with E-state index in [0.29, 0.717) is 17.6 Å². The van der Waals surface area contributed by atoms with E-state index in [1.807, 2.05) is 12.1 Å². The molecule has 2 aromatic carbocycles. The van der Waals surface area contributed by atoms with Gasteiger partial charge < -0.3 is 11.1 Å². The Morgan fingerprint density at radius 1 is 1.21 bits per heavy atom. The zero-order valence-electron chi connectivity index (χ0n) is 14.1. The molecular formula is C20H25N3O. The summed E-state index contributed by atoms with van der Waals surface area (Å²) in [6.45, 7) is 5.28. The minimum atomic E-state index is -0.379. The molecule has 1 aliphatic rings. The van der Waals surface area contributed by atoms with Gasteiger partial charge in [-0.05, 0) is 36.6 Å². The van der Waals surface area contributed by atoms with Crippen LogP contribution in [0.15, 0.2) is 54.6 Å². The van der Waals surface area contributed by atoms with Crippen molar-refractivity contribution in [3.05, 3.63) is 71.3 Å². The highest BCUT2D eigenvalue weighted by Gasteiger charge is 2.26. The second-order valence-corrected chi connectivity index (χ2v) is 6.51. The third kappa shape index (κ3) is 4.02. The monoisotopic (exact) mass is 323 g/mol. The molecule has 1 saturated heterocycles. The molecule has 126 valence electrons. The maximum Gasteiger partial charge on any atom is 0.248 e. The summed E-state index contributed by atoms with van der Waals surface area (Å²) in [6, 6.07) is 19.1. The number of rotatable bonds is 6. The molecule has 1 fully saturated rings. The Morgan fingerprint density at radius 3 is 2.58 bits per heavy atom. The maximum absolute atomic E-state index is 11.1. The molecule has 0 aliphatic carbocycles. The van der Waals surface area contributed by atoms with Crippen molar-refractivity contribution in [1.29, 1.82) is 0 Å². The van der Waals surface area contributed by atoms with Crippen LogP contribution in [0.2, 0.25) is 0 Å². The number of nitrogens with two attached hydrogens (primary N) is 1. The average molecular weight is 323 g/mol. The van der Waals surface area contributed by atoms with Gasteiger partial charge in [0, 0.05) is 37.3 Å². The van der Waals surface area contributed by atoms with Crippen LogP contribution in [0, 0.1) is 0 Å². The van der Waals surface area contributed by atoms with Gasteiger partial charge >= 0.3 is 0 Å². The quantitative estimate of drug-likeness (QED) is 0.859. The summed E-state index contributed by atoms with van der Waals surface area (Å²) < 4.78 is 0. The van der Waals surface area contributed by atoms with Gasteiger partial charge in [0.1, 0.15) is 0 Å². The van der Waals surface area contributed by atoms with Gasteiger partial charge in [-0.1, -0.05) is 42.5 Å². The summed E-state index contributed by atoms with van der Waals surface area (Å²) in [4.78, 5) is 13.6. The molecule has 0 saturated carbocycles. The number of likely N-dealkylation sites (tertiary alicyclic amines) is 1. The van der Waals surface area contributed by atoms with Crippen LogP contribution in [0.5, 0.6) is 0 Å². The first kappa shape index (κ1) is 16.7. The number of carbonyl (C=O) groups excluding carboxylic acids is 1.